The Labute approximate surface area is 118 Å². The van der Waals surface area contributed by atoms with Crippen molar-refractivity contribution in [3.8, 4) is 5.75 Å². The number of Topliss-reactive ketones (excluding diaryl/α,β-unsaturated/α-hetero) is 1. The van der Waals surface area contributed by atoms with E-state index in [0.29, 0.717) is 23.4 Å². The second-order valence-corrected chi connectivity index (χ2v) is 5.70. The van der Waals surface area contributed by atoms with Crippen LogP contribution in [-0.4, -0.2) is 12.9 Å². The topological polar surface area (TPSA) is 52.3 Å². The monoisotopic (exact) mass is 325 g/mol. The van der Waals surface area contributed by atoms with Gasteiger partial charge >= 0.3 is 0 Å². The van der Waals surface area contributed by atoms with Crippen LogP contribution in [0.25, 0.3) is 0 Å². The molecule has 0 unspecified atom stereocenters. The van der Waals surface area contributed by atoms with E-state index in [9.17, 15) is 4.79 Å². The first kappa shape index (κ1) is 13.1. The molecule has 18 heavy (non-hydrogen) atoms. The molecule has 0 aliphatic carbocycles. The van der Waals surface area contributed by atoms with Crippen LogP contribution in [0.15, 0.2) is 34.1 Å². The largest absolute Gasteiger partial charge is 0.497 e. The minimum atomic E-state index is 0.000694. The van der Waals surface area contributed by atoms with Crippen molar-refractivity contribution in [3.63, 3.8) is 0 Å². The third kappa shape index (κ3) is 2.91. The summed E-state index contributed by atoms with van der Waals surface area (Å²) in [5.41, 5.74) is 6.82. The molecular weight excluding hydrogens is 314 g/mol. The lowest BCUT2D eigenvalue weighted by Crippen LogP contribution is -2.06. The number of halogens is 1. The number of ether oxygens (including phenoxy) is 1. The van der Waals surface area contributed by atoms with Crippen LogP contribution in [0.4, 0.5) is 5.69 Å². The van der Waals surface area contributed by atoms with Crippen molar-refractivity contribution in [2.24, 2.45) is 0 Å². The highest BCUT2D eigenvalue weighted by molar-refractivity contribution is 9.10. The van der Waals surface area contributed by atoms with Crippen LogP contribution in [-0.2, 0) is 6.42 Å². The summed E-state index contributed by atoms with van der Waals surface area (Å²) in [6.45, 7) is 0. The minimum absolute atomic E-state index is 0.000694. The van der Waals surface area contributed by atoms with Crippen LogP contribution in [0.1, 0.15) is 15.2 Å². The van der Waals surface area contributed by atoms with Gasteiger partial charge in [0.2, 0.25) is 0 Å². The Kier molecular flexibility index (Phi) is 4.04. The van der Waals surface area contributed by atoms with E-state index >= 15 is 0 Å². The lowest BCUT2D eigenvalue weighted by Gasteiger charge is -2.06. The number of carbonyl (C=O) groups excluding carboxylic acids is 1. The predicted octanol–water partition coefficient (Wildman–Crippen LogP) is 3.53. The molecule has 2 rings (SSSR count). The van der Waals surface area contributed by atoms with E-state index in [4.69, 9.17) is 10.5 Å². The van der Waals surface area contributed by atoms with Gasteiger partial charge in [0.15, 0.2) is 5.78 Å². The highest BCUT2D eigenvalue weighted by atomic mass is 79.9. The normalized spacial score (nSPS) is 10.3. The Bertz CT molecular complexity index is 580. The molecule has 0 atom stereocenters. The maximum atomic E-state index is 12.2. The molecule has 0 saturated carbocycles. The van der Waals surface area contributed by atoms with Crippen LogP contribution >= 0.6 is 27.3 Å². The fraction of sp³-hybridized carbons (Fsp3) is 0.154. The first-order valence-electron chi connectivity index (χ1n) is 5.30. The Morgan fingerprint density at radius 1 is 1.44 bits per heavy atom. The van der Waals surface area contributed by atoms with E-state index in [2.05, 4.69) is 15.9 Å². The maximum Gasteiger partial charge on any atom is 0.170 e. The molecule has 0 spiro atoms. The minimum Gasteiger partial charge on any atom is -0.497 e. The van der Waals surface area contributed by atoms with Crippen molar-refractivity contribution < 1.29 is 9.53 Å². The van der Waals surface area contributed by atoms with Crippen LogP contribution < -0.4 is 10.5 Å². The van der Waals surface area contributed by atoms with E-state index in [1.165, 1.54) is 0 Å². The lowest BCUT2D eigenvalue weighted by atomic mass is 10.1. The molecule has 0 aliphatic heterocycles. The maximum absolute atomic E-state index is 12.2. The summed E-state index contributed by atoms with van der Waals surface area (Å²) in [6.07, 6.45) is 0.355. The number of nitrogen functional groups attached to an aromatic ring is 1. The molecule has 1 heterocycles. The molecule has 1 aromatic carbocycles. The van der Waals surface area contributed by atoms with E-state index in [-0.39, 0.29) is 5.78 Å². The molecule has 0 aliphatic rings. The second kappa shape index (κ2) is 5.54. The van der Waals surface area contributed by atoms with Crippen LogP contribution in [0, 0.1) is 0 Å². The van der Waals surface area contributed by atoms with Gasteiger partial charge in [-0.05, 0) is 40.2 Å². The first-order chi connectivity index (χ1) is 8.60. The third-order valence-corrected chi connectivity index (χ3v) is 4.22. The van der Waals surface area contributed by atoms with Crippen molar-refractivity contribution in [2.45, 2.75) is 6.42 Å². The zero-order chi connectivity index (χ0) is 13.1. The zero-order valence-electron chi connectivity index (χ0n) is 9.77. The average Bonchev–Trinajstić information content (AvgIpc) is 2.75. The molecule has 1 aromatic heterocycles. The summed E-state index contributed by atoms with van der Waals surface area (Å²) in [5, 5.41) is 1.96. The predicted molar refractivity (Wildman–Crippen MR) is 77.5 cm³/mol. The molecule has 2 aromatic rings. The highest BCUT2D eigenvalue weighted by Gasteiger charge is 2.13. The van der Waals surface area contributed by atoms with Gasteiger partial charge in [0.05, 0.1) is 7.11 Å². The quantitative estimate of drug-likeness (QED) is 0.691. The van der Waals surface area contributed by atoms with Gasteiger partial charge in [0.1, 0.15) is 5.75 Å². The number of hydrogen-bond donors (Lipinski definition) is 1. The molecule has 0 amide bonds. The molecule has 94 valence electrons. The van der Waals surface area contributed by atoms with Crippen molar-refractivity contribution in [1.29, 1.82) is 0 Å². The van der Waals surface area contributed by atoms with Crippen molar-refractivity contribution >= 4 is 38.7 Å². The summed E-state index contributed by atoms with van der Waals surface area (Å²) in [4.78, 5) is 13.2. The lowest BCUT2D eigenvalue weighted by molar-refractivity contribution is 0.0994. The van der Waals surface area contributed by atoms with Crippen LogP contribution in [0.5, 0.6) is 5.75 Å². The van der Waals surface area contributed by atoms with Gasteiger partial charge in [-0.3, -0.25) is 4.79 Å². The summed E-state index contributed by atoms with van der Waals surface area (Å²) < 4.78 is 6.10. The smallest absolute Gasteiger partial charge is 0.170 e. The summed E-state index contributed by atoms with van der Waals surface area (Å²) in [7, 11) is 1.57. The fourth-order valence-electron chi connectivity index (χ4n) is 1.60. The summed E-state index contributed by atoms with van der Waals surface area (Å²) in [5.74, 6) is 0.640. The number of thiophene rings is 1. The Morgan fingerprint density at radius 2 is 2.22 bits per heavy atom. The highest BCUT2D eigenvalue weighted by Crippen LogP contribution is 2.24. The van der Waals surface area contributed by atoms with Gasteiger partial charge in [-0.1, -0.05) is 0 Å². The van der Waals surface area contributed by atoms with Crippen LogP contribution in [0.3, 0.4) is 0 Å². The summed E-state index contributed by atoms with van der Waals surface area (Å²) >= 11 is 4.92. The van der Waals surface area contributed by atoms with Gasteiger partial charge in [-0.25, -0.2) is 0 Å². The zero-order valence-corrected chi connectivity index (χ0v) is 12.2. The van der Waals surface area contributed by atoms with Gasteiger partial charge in [0, 0.05) is 32.4 Å². The van der Waals surface area contributed by atoms with Crippen molar-refractivity contribution in [1.82, 2.24) is 0 Å². The number of carbonyl (C=O) groups is 1. The molecule has 0 fully saturated rings. The van der Waals surface area contributed by atoms with Gasteiger partial charge in [0.25, 0.3) is 0 Å². The fourth-order valence-corrected chi connectivity index (χ4v) is 3.05. The van der Waals surface area contributed by atoms with E-state index < -0.39 is 0 Å². The Hall–Kier alpha value is -1.33. The van der Waals surface area contributed by atoms with Crippen molar-refractivity contribution in [3.05, 3.63) is 44.6 Å². The van der Waals surface area contributed by atoms with Crippen molar-refractivity contribution in [2.75, 3.05) is 12.8 Å². The summed E-state index contributed by atoms with van der Waals surface area (Å²) in [6, 6.07) is 7.06. The number of benzene rings is 1. The number of nitrogens with two attached hydrogens (primary N) is 1. The molecule has 0 bridgehead atoms. The van der Waals surface area contributed by atoms with E-state index in [0.717, 1.165) is 9.35 Å². The molecule has 0 saturated heterocycles. The Balaban J connectivity index is 2.23. The van der Waals surface area contributed by atoms with Crippen LogP contribution in [0.2, 0.25) is 0 Å². The SMILES string of the molecule is COc1ccc(N)c(C(=O)Cc2cc(Br)cs2)c1. The standard InChI is InChI=1S/C13H12BrNO2S/c1-17-9-2-3-12(15)11(5-9)13(16)6-10-4-8(14)7-18-10/h2-5,7H,6,15H2,1H3. The number of ketones is 1. The number of hydrogen-bond acceptors (Lipinski definition) is 4. The third-order valence-electron chi connectivity index (χ3n) is 2.52. The van der Waals surface area contributed by atoms with Gasteiger partial charge in [-0.2, -0.15) is 0 Å². The average molecular weight is 326 g/mol. The molecule has 3 nitrogen and oxygen atoms in total. The molecule has 0 radical (unpaired) electrons. The van der Waals surface area contributed by atoms with E-state index in [1.807, 2.05) is 11.4 Å². The number of rotatable bonds is 4. The molecular formula is C13H12BrNO2S. The number of methoxy groups -OCH3 is 1. The molecule has 2 N–H and O–H groups in total. The Morgan fingerprint density at radius 3 is 2.83 bits per heavy atom. The number of anilines is 1. The van der Waals surface area contributed by atoms with Gasteiger partial charge < -0.3 is 10.5 Å². The molecule has 5 heteroatoms. The first-order valence-corrected chi connectivity index (χ1v) is 6.97. The van der Waals surface area contributed by atoms with E-state index in [1.54, 1.807) is 36.6 Å². The second-order valence-electron chi connectivity index (χ2n) is 3.78. The van der Waals surface area contributed by atoms with Gasteiger partial charge in [-0.15, -0.1) is 11.3 Å².